The molecule has 90 valence electrons. The molecule has 17 heavy (non-hydrogen) atoms. The number of nitrogens with zero attached hydrogens (tertiary/aromatic N) is 1. The third-order valence-electron chi connectivity index (χ3n) is 2.62. The minimum absolute atomic E-state index is 0.241. The lowest BCUT2D eigenvalue weighted by atomic mass is 10.2. The van der Waals surface area contributed by atoms with Crippen LogP contribution in [0.3, 0.4) is 0 Å². The molecule has 1 aromatic rings. The summed E-state index contributed by atoms with van der Waals surface area (Å²) in [4.78, 5) is 23.9. The first-order valence-electron chi connectivity index (χ1n) is 5.14. The van der Waals surface area contributed by atoms with Gasteiger partial charge in [-0.05, 0) is 24.6 Å². The Hall–Kier alpha value is -1.75. The van der Waals surface area contributed by atoms with Crippen molar-refractivity contribution in [3.05, 3.63) is 29.3 Å². The number of hydrogen-bond donors (Lipinski definition) is 2. The van der Waals surface area contributed by atoms with E-state index in [2.05, 4.69) is 5.32 Å². The Morgan fingerprint density at radius 3 is 2.94 bits per heavy atom. The highest BCUT2D eigenvalue weighted by Crippen LogP contribution is 2.24. The maximum atomic E-state index is 11.9. The van der Waals surface area contributed by atoms with Crippen molar-refractivity contribution in [3.63, 3.8) is 0 Å². The molecule has 2 amide bonds. The molecule has 1 atom stereocenters. The van der Waals surface area contributed by atoms with Crippen molar-refractivity contribution in [2.24, 2.45) is 0 Å². The Kier molecular flexibility index (Phi) is 3.19. The summed E-state index contributed by atoms with van der Waals surface area (Å²) in [5.41, 5.74) is 0.692. The highest BCUT2D eigenvalue weighted by Gasteiger charge is 2.33. The lowest BCUT2D eigenvalue weighted by molar-refractivity contribution is -0.118. The number of halogens is 1. The first kappa shape index (κ1) is 11.7. The molecule has 0 aliphatic carbocycles. The van der Waals surface area contributed by atoms with E-state index in [0.29, 0.717) is 23.7 Å². The van der Waals surface area contributed by atoms with Crippen LogP contribution in [0.5, 0.6) is 0 Å². The van der Waals surface area contributed by atoms with Gasteiger partial charge in [0, 0.05) is 17.3 Å². The number of carboxylic acid groups (broad SMARTS) is 1. The number of hydrogen-bond acceptors (Lipinski definition) is 2. The van der Waals surface area contributed by atoms with Crippen LogP contribution < -0.4 is 10.2 Å². The topological polar surface area (TPSA) is 69.6 Å². The minimum Gasteiger partial charge on any atom is -0.465 e. The number of carbonyl (C=O) groups excluding carboxylic acids is 1. The second kappa shape index (κ2) is 4.63. The zero-order chi connectivity index (χ0) is 12.4. The molecule has 0 bridgehead atoms. The molecule has 0 unspecified atom stereocenters. The summed E-state index contributed by atoms with van der Waals surface area (Å²) >= 11 is 5.84. The summed E-state index contributed by atoms with van der Waals surface area (Å²) in [5.74, 6) is -0.241. The van der Waals surface area contributed by atoms with Crippen LogP contribution in [0.2, 0.25) is 5.02 Å². The Balaban J connectivity index is 2.15. The van der Waals surface area contributed by atoms with E-state index in [1.165, 1.54) is 4.90 Å². The predicted octanol–water partition coefficient (Wildman–Crippen LogP) is 1.71. The van der Waals surface area contributed by atoms with Crippen LogP contribution in [-0.4, -0.2) is 29.7 Å². The molecule has 1 aliphatic heterocycles. The van der Waals surface area contributed by atoms with Gasteiger partial charge in [0.2, 0.25) is 5.91 Å². The van der Waals surface area contributed by atoms with Gasteiger partial charge in [0.05, 0.1) is 0 Å². The van der Waals surface area contributed by atoms with Crippen molar-refractivity contribution in [1.82, 2.24) is 5.32 Å². The van der Waals surface area contributed by atoms with E-state index in [1.54, 1.807) is 24.3 Å². The Bertz CT molecular complexity index is 464. The SMILES string of the molecule is O=C(O)N[C@H]1CCN(c2cccc(Cl)c2)C1=O. The van der Waals surface area contributed by atoms with Crippen molar-refractivity contribution in [2.75, 3.05) is 11.4 Å². The van der Waals surface area contributed by atoms with Gasteiger partial charge >= 0.3 is 6.09 Å². The van der Waals surface area contributed by atoms with E-state index in [-0.39, 0.29) is 5.91 Å². The summed E-state index contributed by atoms with van der Waals surface area (Å²) < 4.78 is 0. The number of anilines is 1. The van der Waals surface area contributed by atoms with Gasteiger partial charge in [0.1, 0.15) is 6.04 Å². The van der Waals surface area contributed by atoms with Gasteiger partial charge in [-0.25, -0.2) is 4.79 Å². The van der Waals surface area contributed by atoms with Crippen LogP contribution in [-0.2, 0) is 4.79 Å². The van der Waals surface area contributed by atoms with E-state index in [9.17, 15) is 9.59 Å². The zero-order valence-corrected chi connectivity index (χ0v) is 9.65. The Morgan fingerprint density at radius 2 is 2.29 bits per heavy atom. The lowest BCUT2D eigenvalue weighted by Crippen LogP contribution is -2.40. The Labute approximate surface area is 103 Å². The third-order valence-corrected chi connectivity index (χ3v) is 2.86. The van der Waals surface area contributed by atoms with Crippen molar-refractivity contribution in [2.45, 2.75) is 12.5 Å². The molecule has 2 N–H and O–H groups in total. The number of benzene rings is 1. The summed E-state index contributed by atoms with van der Waals surface area (Å²) in [6.07, 6.45) is -0.714. The molecule has 1 aliphatic rings. The monoisotopic (exact) mass is 254 g/mol. The molecule has 6 heteroatoms. The number of rotatable bonds is 2. The fraction of sp³-hybridized carbons (Fsp3) is 0.273. The summed E-state index contributed by atoms with van der Waals surface area (Å²) in [6, 6.07) is 6.27. The van der Waals surface area contributed by atoms with Crippen molar-refractivity contribution >= 4 is 29.3 Å². The first-order chi connectivity index (χ1) is 8.08. The van der Waals surface area contributed by atoms with Gasteiger partial charge in [-0.3, -0.25) is 4.79 Å². The number of amides is 2. The van der Waals surface area contributed by atoms with Crippen LogP contribution in [0.1, 0.15) is 6.42 Å². The molecule has 0 aromatic heterocycles. The molecule has 1 saturated heterocycles. The standard InChI is InChI=1S/C11H11ClN2O3/c12-7-2-1-3-8(6-7)14-5-4-9(10(14)15)13-11(16)17/h1-3,6,9,13H,4-5H2,(H,16,17)/t9-/m0/s1. The van der Waals surface area contributed by atoms with Crippen molar-refractivity contribution in [1.29, 1.82) is 0 Å². The van der Waals surface area contributed by atoms with Crippen LogP contribution in [0.15, 0.2) is 24.3 Å². The van der Waals surface area contributed by atoms with E-state index < -0.39 is 12.1 Å². The van der Waals surface area contributed by atoms with E-state index in [0.717, 1.165) is 0 Å². The number of nitrogens with one attached hydrogen (secondary N) is 1. The minimum atomic E-state index is -1.18. The first-order valence-corrected chi connectivity index (χ1v) is 5.52. The van der Waals surface area contributed by atoms with Crippen LogP contribution in [0.25, 0.3) is 0 Å². The second-order valence-corrected chi connectivity index (χ2v) is 4.20. The lowest BCUT2D eigenvalue weighted by Gasteiger charge is -2.16. The quantitative estimate of drug-likeness (QED) is 0.844. The second-order valence-electron chi connectivity index (χ2n) is 3.76. The maximum Gasteiger partial charge on any atom is 0.405 e. The molecule has 0 radical (unpaired) electrons. The van der Waals surface area contributed by atoms with Gasteiger partial charge in [-0.15, -0.1) is 0 Å². The largest absolute Gasteiger partial charge is 0.465 e. The van der Waals surface area contributed by atoms with Crippen molar-refractivity contribution < 1.29 is 14.7 Å². The zero-order valence-electron chi connectivity index (χ0n) is 8.89. The average Bonchev–Trinajstić information content (AvgIpc) is 2.60. The molecular formula is C11H11ClN2O3. The molecule has 0 saturated carbocycles. The molecule has 1 aromatic carbocycles. The molecule has 1 heterocycles. The van der Waals surface area contributed by atoms with Crippen LogP contribution in [0, 0.1) is 0 Å². The third kappa shape index (κ3) is 2.50. The molecule has 5 nitrogen and oxygen atoms in total. The molecule has 1 fully saturated rings. The maximum absolute atomic E-state index is 11.9. The van der Waals surface area contributed by atoms with Gasteiger partial charge in [-0.1, -0.05) is 17.7 Å². The smallest absolute Gasteiger partial charge is 0.405 e. The van der Waals surface area contributed by atoms with Gasteiger partial charge in [0.15, 0.2) is 0 Å². The normalized spacial score (nSPS) is 19.5. The number of carbonyl (C=O) groups is 2. The highest BCUT2D eigenvalue weighted by atomic mass is 35.5. The predicted molar refractivity (Wildman–Crippen MR) is 63.4 cm³/mol. The van der Waals surface area contributed by atoms with Crippen LogP contribution in [0.4, 0.5) is 10.5 Å². The summed E-state index contributed by atoms with van der Waals surface area (Å²) in [7, 11) is 0. The Morgan fingerprint density at radius 1 is 1.53 bits per heavy atom. The fourth-order valence-electron chi connectivity index (χ4n) is 1.86. The molecular weight excluding hydrogens is 244 g/mol. The van der Waals surface area contributed by atoms with E-state index in [4.69, 9.17) is 16.7 Å². The van der Waals surface area contributed by atoms with Gasteiger partial charge < -0.3 is 15.3 Å². The van der Waals surface area contributed by atoms with E-state index >= 15 is 0 Å². The van der Waals surface area contributed by atoms with Crippen molar-refractivity contribution in [3.8, 4) is 0 Å². The average molecular weight is 255 g/mol. The van der Waals surface area contributed by atoms with E-state index in [1.807, 2.05) is 0 Å². The highest BCUT2D eigenvalue weighted by molar-refractivity contribution is 6.31. The van der Waals surface area contributed by atoms with Crippen LogP contribution >= 0.6 is 11.6 Å². The summed E-state index contributed by atoms with van der Waals surface area (Å²) in [6.45, 7) is 0.490. The van der Waals surface area contributed by atoms with Gasteiger partial charge in [0.25, 0.3) is 0 Å². The van der Waals surface area contributed by atoms with Gasteiger partial charge in [-0.2, -0.15) is 0 Å². The molecule has 2 rings (SSSR count). The molecule has 0 spiro atoms. The fourth-order valence-corrected chi connectivity index (χ4v) is 2.05. The summed E-state index contributed by atoms with van der Waals surface area (Å²) in [5, 5.41) is 11.3.